The van der Waals surface area contributed by atoms with E-state index >= 15 is 0 Å². The predicted octanol–water partition coefficient (Wildman–Crippen LogP) is 6.23. The largest absolute Gasteiger partial charge is 0.340 e. The summed E-state index contributed by atoms with van der Waals surface area (Å²) in [5.74, 6) is 0. The van der Waals surface area contributed by atoms with E-state index in [0.717, 1.165) is 25.8 Å². The lowest BCUT2D eigenvalue weighted by atomic mass is 10.2. The van der Waals surface area contributed by atoms with E-state index in [9.17, 15) is 4.57 Å². The molecule has 0 atom stereocenters. The fourth-order valence-electron chi connectivity index (χ4n) is 3.56. The maximum absolute atomic E-state index is 12.5. The molecular formula is C21H28NO3P. The summed E-state index contributed by atoms with van der Waals surface area (Å²) < 4.78 is 25.6. The summed E-state index contributed by atoms with van der Waals surface area (Å²) >= 11 is 0. The van der Waals surface area contributed by atoms with Crippen molar-refractivity contribution >= 4 is 29.4 Å². The topological polar surface area (TPSA) is 40.5 Å². The Labute approximate surface area is 155 Å². The Kier molecular flexibility index (Phi) is 6.53. The second-order valence-corrected chi connectivity index (χ2v) is 8.60. The van der Waals surface area contributed by atoms with E-state index in [1.807, 2.05) is 13.8 Å². The van der Waals surface area contributed by atoms with Gasteiger partial charge in [0.2, 0.25) is 0 Å². The van der Waals surface area contributed by atoms with Gasteiger partial charge in [-0.25, -0.2) is 0 Å². The molecule has 5 heteroatoms. The molecule has 4 nitrogen and oxygen atoms in total. The van der Waals surface area contributed by atoms with Crippen LogP contribution in [0.15, 0.2) is 48.5 Å². The molecule has 0 fully saturated rings. The monoisotopic (exact) mass is 373 g/mol. The third-order valence-electron chi connectivity index (χ3n) is 4.65. The Morgan fingerprint density at radius 2 is 1.35 bits per heavy atom. The minimum Gasteiger partial charge on any atom is -0.340 e. The summed E-state index contributed by atoms with van der Waals surface area (Å²) in [5, 5.41) is 2.61. The molecule has 0 aliphatic carbocycles. The standard InChI is InChI=1S/C21H28NO3P/c1-3-24-26(23,25-4-2)17-11-5-10-16-22-20-14-8-6-12-18(20)19-13-7-9-15-21(19)22/h6-9,12-15H,3-5,10-11,16-17H2,1-2H3. The summed E-state index contributed by atoms with van der Waals surface area (Å²) in [6.45, 7) is 5.53. The van der Waals surface area contributed by atoms with E-state index in [-0.39, 0.29) is 0 Å². The minimum absolute atomic E-state index is 0.429. The summed E-state index contributed by atoms with van der Waals surface area (Å²) in [6, 6.07) is 17.1. The van der Waals surface area contributed by atoms with Crippen molar-refractivity contribution in [2.45, 2.75) is 39.7 Å². The number of nitrogens with zero attached hydrogens (tertiary/aromatic N) is 1. The zero-order chi connectivity index (χ0) is 18.4. The molecule has 0 saturated heterocycles. The van der Waals surface area contributed by atoms with Crippen LogP contribution in [0.5, 0.6) is 0 Å². The SMILES string of the molecule is CCOP(=O)(CCCCCn1c2ccccc2c2ccccc21)OCC. The Morgan fingerprint density at radius 1 is 0.808 bits per heavy atom. The van der Waals surface area contributed by atoms with E-state index in [2.05, 4.69) is 53.1 Å². The number of hydrogen-bond acceptors (Lipinski definition) is 3. The van der Waals surface area contributed by atoms with Crippen LogP contribution in [0.1, 0.15) is 33.1 Å². The molecule has 0 aliphatic heterocycles. The number of fused-ring (bicyclic) bond motifs is 3. The number of benzene rings is 2. The second-order valence-electron chi connectivity index (χ2n) is 6.42. The highest BCUT2D eigenvalue weighted by Gasteiger charge is 2.22. The highest BCUT2D eigenvalue weighted by Crippen LogP contribution is 2.48. The summed E-state index contributed by atoms with van der Waals surface area (Å²) in [6.07, 6.45) is 3.40. The van der Waals surface area contributed by atoms with E-state index in [4.69, 9.17) is 9.05 Å². The molecule has 0 saturated carbocycles. The van der Waals surface area contributed by atoms with Crippen LogP contribution < -0.4 is 0 Å². The summed E-state index contributed by atoms with van der Waals surface area (Å²) in [7, 11) is -2.90. The summed E-state index contributed by atoms with van der Waals surface area (Å²) in [4.78, 5) is 0. The van der Waals surface area contributed by atoms with Gasteiger partial charge in [-0.05, 0) is 38.8 Å². The quantitative estimate of drug-likeness (QED) is 0.312. The molecule has 1 heterocycles. The zero-order valence-electron chi connectivity index (χ0n) is 15.7. The highest BCUT2D eigenvalue weighted by atomic mass is 31.2. The van der Waals surface area contributed by atoms with Crippen molar-refractivity contribution in [2.24, 2.45) is 0 Å². The first-order valence-corrected chi connectivity index (χ1v) is 11.3. The molecule has 0 radical (unpaired) electrons. The average Bonchev–Trinajstić information content (AvgIpc) is 2.96. The van der Waals surface area contributed by atoms with Crippen LogP contribution in [0.4, 0.5) is 0 Å². The third kappa shape index (κ3) is 4.20. The molecule has 0 unspecified atom stereocenters. The fraction of sp³-hybridized carbons (Fsp3) is 0.429. The molecule has 0 aliphatic rings. The van der Waals surface area contributed by atoms with Crippen LogP contribution in [-0.4, -0.2) is 23.9 Å². The molecular weight excluding hydrogens is 345 g/mol. The molecule has 3 aromatic rings. The number of unbranched alkanes of at least 4 members (excludes halogenated alkanes) is 2. The van der Waals surface area contributed by atoms with Gasteiger partial charge in [0, 0.05) is 28.4 Å². The molecule has 0 bridgehead atoms. The third-order valence-corrected chi connectivity index (χ3v) is 6.81. The maximum Gasteiger partial charge on any atom is 0.330 e. The fourth-order valence-corrected chi connectivity index (χ4v) is 5.29. The van der Waals surface area contributed by atoms with Gasteiger partial charge in [0.15, 0.2) is 0 Å². The van der Waals surface area contributed by atoms with Gasteiger partial charge >= 0.3 is 7.60 Å². The average molecular weight is 373 g/mol. The molecule has 0 amide bonds. The van der Waals surface area contributed by atoms with E-state index in [0.29, 0.717) is 19.4 Å². The normalized spacial score (nSPS) is 12.2. The molecule has 26 heavy (non-hydrogen) atoms. The van der Waals surface area contributed by atoms with E-state index in [1.165, 1.54) is 21.8 Å². The zero-order valence-corrected chi connectivity index (χ0v) is 16.6. The smallest absolute Gasteiger partial charge is 0.330 e. The molecule has 0 spiro atoms. The number of aryl methyl sites for hydroxylation is 1. The van der Waals surface area contributed by atoms with Gasteiger partial charge in [-0.2, -0.15) is 0 Å². The van der Waals surface area contributed by atoms with Crippen molar-refractivity contribution < 1.29 is 13.6 Å². The van der Waals surface area contributed by atoms with Gasteiger partial charge in [0.25, 0.3) is 0 Å². The van der Waals surface area contributed by atoms with Crippen molar-refractivity contribution in [1.82, 2.24) is 4.57 Å². The molecule has 0 N–H and O–H groups in total. The molecule has 2 aromatic carbocycles. The van der Waals surface area contributed by atoms with Crippen LogP contribution in [-0.2, 0) is 20.2 Å². The van der Waals surface area contributed by atoms with Crippen molar-refractivity contribution in [2.75, 3.05) is 19.4 Å². The minimum atomic E-state index is -2.90. The highest BCUT2D eigenvalue weighted by molar-refractivity contribution is 7.53. The van der Waals surface area contributed by atoms with Crippen molar-refractivity contribution in [3.8, 4) is 0 Å². The molecule has 140 valence electrons. The number of aromatic nitrogens is 1. The Morgan fingerprint density at radius 3 is 1.88 bits per heavy atom. The van der Waals surface area contributed by atoms with Gasteiger partial charge in [0.05, 0.1) is 19.4 Å². The molecule has 3 rings (SSSR count). The van der Waals surface area contributed by atoms with E-state index < -0.39 is 7.60 Å². The number of rotatable bonds is 10. The Balaban J connectivity index is 1.64. The van der Waals surface area contributed by atoms with Crippen LogP contribution >= 0.6 is 7.60 Å². The van der Waals surface area contributed by atoms with E-state index in [1.54, 1.807) is 0 Å². The second kappa shape index (κ2) is 8.85. The Bertz CT molecular complexity index is 839. The first-order chi connectivity index (χ1) is 12.7. The van der Waals surface area contributed by atoms with Crippen LogP contribution in [0, 0.1) is 0 Å². The lowest BCUT2D eigenvalue weighted by Crippen LogP contribution is -2.02. The van der Waals surface area contributed by atoms with Crippen LogP contribution in [0.2, 0.25) is 0 Å². The lowest BCUT2D eigenvalue weighted by Gasteiger charge is -2.16. The van der Waals surface area contributed by atoms with Gasteiger partial charge in [0.1, 0.15) is 0 Å². The van der Waals surface area contributed by atoms with Gasteiger partial charge in [-0.3, -0.25) is 4.57 Å². The van der Waals surface area contributed by atoms with Gasteiger partial charge in [-0.1, -0.05) is 42.8 Å². The first-order valence-electron chi connectivity index (χ1n) is 9.52. The lowest BCUT2D eigenvalue weighted by molar-refractivity contribution is 0.219. The predicted molar refractivity (Wildman–Crippen MR) is 109 cm³/mol. The van der Waals surface area contributed by atoms with Gasteiger partial charge < -0.3 is 13.6 Å². The van der Waals surface area contributed by atoms with Crippen LogP contribution in [0.25, 0.3) is 21.8 Å². The number of para-hydroxylation sites is 2. The molecule has 1 aromatic heterocycles. The summed E-state index contributed by atoms with van der Waals surface area (Å²) in [5.41, 5.74) is 2.56. The number of hydrogen-bond donors (Lipinski definition) is 0. The van der Waals surface area contributed by atoms with Crippen LogP contribution in [0.3, 0.4) is 0 Å². The van der Waals surface area contributed by atoms with Crippen molar-refractivity contribution in [1.29, 1.82) is 0 Å². The van der Waals surface area contributed by atoms with Crippen molar-refractivity contribution in [3.05, 3.63) is 48.5 Å². The Hall–Kier alpha value is -1.61. The van der Waals surface area contributed by atoms with Gasteiger partial charge in [-0.15, -0.1) is 0 Å². The van der Waals surface area contributed by atoms with Crippen molar-refractivity contribution in [3.63, 3.8) is 0 Å². The maximum atomic E-state index is 12.5. The first kappa shape index (κ1) is 19.2.